The summed E-state index contributed by atoms with van der Waals surface area (Å²) in [6, 6.07) is 19.4. The van der Waals surface area contributed by atoms with Crippen LogP contribution in [0.25, 0.3) is 0 Å². The monoisotopic (exact) mass is 363 g/mol. The highest BCUT2D eigenvalue weighted by Gasteiger charge is 2.18. The molecule has 0 saturated heterocycles. The zero-order valence-electron chi connectivity index (χ0n) is 15.0. The van der Waals surface area contributed by atoms with Crippen molar-refractivity contribution in [1.29, 1.82) is 0 Å². The van der Waals surface area contributed by atoms with E-state index in [-0.39, 0.29) is 5.91 Å². The highest BCUT2D eigenvalue weighted by Crippen LogP contribution is 2.31. The number of nitrogens with zero attached hydrogens (tertiary/aromatic N) is 1. The van der Waals surface area contributed by atoms with Gasteiger partial charge < -0.3 is 18.8 Å². The molecule has 0 atom stereocenters. The topological polar surface area (TPSA) is 51.9 Å². The third kappa shape index (κ3) is 4.31. The van der Waals surface area contributed by atoms with Crippen molar-refractivity contribution >= 4 is 5.91 Å². The fraction of sp³-hybridized carbons (Fsp3) is 0.227. The summed E-state index contributed by atoms with van der Waals surface area (Å²) < 4.78 is 16.6. The van der Waals surface area contributed by atoms with Crippen molar-refractivity contribution in [3.8, 4) is 11.5 Å². The van der Waals surface area contributed by atoms with Crippen LogP contribution in [0.5, 0.6) is 11.5 Å². The first-order chi connectivity index (χ1) is 13.3. The van der Waals surface area contributed by atoms with Crippen LogP contribution in [0.15, 0.2) is 71.3 Å². The van der Waals surface area contributed by atoms with Gasteiger partial charge in [0.05, 0.1) is 19.2 Å². The molecule has 0 N–H and O–H groups in total. The first-order valence-electron chi connectivity index (χ1n) is 9.00. The Hall–Kier alpha value is -3.21. The zero-order chi connectivity index (χ0) is 18.5. The van der Waals surface area contributed by atoms with Crippen molar-refractivity contribution in [1.82, 2.24) is 4.90 Å². The lowest BCUT2D eigenvalue weighted by atomic mass is 10.1. The number of hydrogen-bond acceptors (Lipinski definition) is 4. The predicted octanol–water partition coefficient (Wildman–Crippen LogP) is 3.82. The lowest BCUT2D eigenvalue weighted by molar-refractivity contribution is -0.132. The molecule has 27 heavy (non-hydrogen) atoms. The zero-order valence-corrected chi connectivity index (χ0v) is 15.0. The molecule has 3 aromatic rings. The first kappa shape index (κ1) is 17.2. The van der Waals surface area contributed by atoms with E-state index in [9.17, 15) is 4.79 Å². The maximum absolute atomic E-state index is 13.0. The molecule has 2 heterocycles. The van der Waals surface area contributed by atoms with Crippen molar-refractivity contribution in [3.63, 3.8) is 0 Å². The van der Waals surface area contributed by atoms with E-state index in [0.717, 1.165) is 22.6 Å². The maximum atomic E-state index is 13.0. The van der Waals surface area contributed by atoms with Crippen LogP contribution in [-0.4, -0.2) is 24.0 Å². The largest absolute Gasteiger partial charge is 0.486 e. The third-order valence-corrected chi connectivity index (χ3v) is 4.46. The van der Waals surface area contributed by atoms with E-state index in [2.05, 4.69) is 0 Å². The second-order valence-electron chi connectivity index (χ2n) is 6.47. The summed E-state index contributed by atoms with van der Waals surface area (Å²) >= 11 is 0. The summed E-state index contributed by atoms with van der Waals surface area (Å²) in [5.41, 5.74) is 1.99. The minimum absolute atomic E-state index is 0.0342. The van der Waals surface area contributed by atoms with E-state index >= 15 is 0 Å². The van der Waals surface area contributed by atoms with Gasteiger partial charge in [-0.25, -0.2) is 0 Å². The number of ether oxygens (including phenoxy) is 2. The fourth-order valence-corrected chi connectivity index (χ4v) is 3.11. The minimum atomic E-state index is 0.0342. The quantitative estimate of drug-likeness (QED) is 0.668. The molecule has 0 radical (unpaired) electrons. The Bertz CT molecular complexity index is 890. The number of hydrogen-bond donors (Lipinski definition) is 0. The molecule has 0 aliphatic carbocycles. The van der Waals surface area contributed by atoms with E-state index in [4.69, 9.17) is 13.9 Å². The van der Waals surface area contributed by atoms with Gasteiger partial charge in [0.25, 0.3) is 0 Å². The molecule has 138 valence electrons. The highest BCUT2D eigenvalue weighted by molar-refractivity contribution is 5.79. The van der Waals surface area contributed by atoms with Crippen molar-refractivity contribution < 1.29 is 18.7 Å². The Balaban J connectivity index is 1.51. The predicted molar refractivity (Wildman–Crippen MR) is 101 cm³/mol. The molecule has 0 bridgehead atoms. The lowest BCUT2D eigenvalue weighted by Crippen LogP contribution is -2.31. The van der Waals surface area contributed by atoms with Gasteiger partial charge in [-0.1, -0.05) is 36.4 Å². The maximum Gasteiger partial charge on any atom is 0.227 e. The molecular weight excluding hydrogens is 342 g/mol. The standard InChI is InChI=1S/C22H21NO4/c24-22(14-18-8-9-20-21(13-18)27-12-11-26-20)23(16-19-7-4-10-25-19)15-17-5-2-1-3-6-17/h1-10,13H,11-12,14-16H2. The number of amides is 1. The van der Waals surface area contributed by atoms with E-state index in [1.54, 1.807) is 6.26 Å². The summed E-state index contributed by atoms with van der Waals surface area (Å²) in [5.74, 6) is 2.23. The second-order valence-corrected chi connectivity index (χ2v) is 6.47. The average Bonchev–Trinajstić information content (AvgIpc) is 3.21. The smallest absolute Gasteiger partial charge is 0.227 e. The molecule has 4 rings (SSSR count). The summed E-state index contributed by atoms with van der Waals surface area (Å²) in [4.78, 5) is 14.8. The summed E-state index contributed by atoms with van der Waals surface area (Å²) in [5, 5.41) is 0. The Labute approximate surface area is 158 Å². The van der Waals surface area contributed by atoms with Gasteiger partial charge in [-0.3, -0.25) is 4.79 Å². The van der Waals surface area contributed by atoms with Crippen molar-refractivity contribution in [2.75, 3.05) is 13.2 Å². The summed E-state index contributed by atoms with van der Waals surface area (Å²) in [6.07, 6.45) is 1.92. The van der Waals surface area contributed by atoms with Gasteiger partial charge in [0.15, 0.2) is 11.5 Å². The molecule has 0 saturated carbocycles. The van der Waals surface area contributed by atoms with Crippen LogP contribution >= 0.6 is 0 Å². The van der Waals surface area contributed by atoms with E-state index < -0.39 is 0 Å². The van der Waals surface area contributed by atoms with Gasteiger partial charge >= 0.3 is 0 Å². The molecule has 0 spiro atoms. The average molecular weight is 363 g/mol. The Morgan fingerprint density at radius 2 is 1.67 bits per heavy atom. The molecule has 0 fully saturated rings. The number of benzene rings is 2. The number of carbonyl (C=O) groups is 1. The van der Waals surface area contributed by atoms with Crippen LogP contribution in [0.2, 0.25) is 0 Å². The van der Waals surface area contributed by atoms with E-state index in [1.807, 2.05) is 65.6 Å². The van der Waals surface area contributed by atoms with Gasteiger partial charge in [-0.15, -0.1) is 0 Å². The first-order valence-corrected chi connectivity index (χ1v) is 9.00. The van der Waals surface area contributed by atoms with Gasteiger partial charge in [-0.05, 0) is 35.4 Å². The van der Waals surface area contributed by atoms with Gasteiger partial charge in [0.2, 0.25) is 5.91 Å². The molecule has 0 unspecified atom stereocenters. The molecule has 1 amide bonds. The number of furan rings is 1. The highest BCUT2D eigenvalue weighted by atomic mass is 16.6. The Kier molecular flexibility index (Phi) is 5.10. The van der Waals surface area contributed by atoms with Crippen LogP contribution in [0.4, 0.5) is 0 Å². The third-order valence-electron chi connectivity index (χ3n) is 4.46. The van der Waals surface area contributed by atoms with Crippen LogP contribution in [0, 0.1) is 0 Å². The van der Waals surface area contributed by atoms with Gasteiger partial charge in [0.1, 0.15) is 19.0 Å². The number of rotatable bonds is 6. The normalized spacial score (nSPS) is 12.6. The number of fused-ring (bicyclic) bond motifs is 1. The number of carbonyl (C=O) groups excluding carboxylic acids is 1. The van der Waals surface area contributed by atoms with Gasteiger partial charge in [-0.2, -0.15) is 0 Å². The fourth-order valence-electron chi connectivity index (χ4n) is 3.11. The SMILES string of the molecule is O=C(Cc1ccc2c(c1)OCCO2)N(Cc1ccccc1)Cc1ccco1. The summed E-state index contributed by atoms with van der Waals surface area (Å²) in [6.45, 7) is 2.05. The second kappa shape index (κ2) is 7.99. The Morgan fingerprint density at radius 3 is 2.44 bits per heavy atom. The van der Waals surface area contributed by atoms with Gasteiger partial charge in [0, 0.05) is 6.54 Å². The van der Waals surface area contributed by atoms with Crippen LogP contribution in [0.3, 0.4) is 0 Å². The molecule has 1 aliphatic rings. The lowest BCUT2D eigenvalue weighted by Gasteiger charge is -2.23. The molecule has 5 nitrogen and oxygen atoms in total. The van der Waals surface area contributed by atoms with Crippen molar-refractivity contribution in [2.24, 2.45) is 0 Å². The molecule has 5 heteroatoms. The van der Waals surface area contributed by atoms with E-state index in [0.29, 0.717) is 38.5 Å². The van der Waals surface area contributed by atoms with Crippen LogP contribution in [0.1, 0.15) is 16.9 Å². The molecule has 1 aromatic heterocycles. The molecular formula is C22H21NO4. The summed E-state index contributed by atoms with van der Waals surface area (Å²) in [7, 11) is 0. The van der Waals surface area contributed by atoms with Crippen molar-refractivity contribution in [2.45, 2.75) is 19.5 Å². The van der Waals surface area contributed by atoms with Crippen molar-refractivity contribution in [3.05, 3.63) is 83.8 Å². The minimum Gasteiger partial charge on any atom is -0.486 e. The molecule has 1 aliphatic heterocycles. The van der Waals surface area contributed by atoms with Crippen LogP contribution in [-0.2, 0) is 24.3 Å². The molecule has 2 aromatic carbocycles. The van der Waals surface area contributed by atoms with E-state index in [1.165, 1.54) is 0 Å². The Morgan fingerprint density at radius 1 is 0.852 bits per heavy atom. The van der Waals surface area contributed by atoms with Crippen LogP contribution < -0.4 is 9.47 Å².